The van der Waals surface area contributed by atoms with Crippen molar-refractivity contribution >= 4 is 10.3 Å². The van der Waals surface area contributed by atoms with E-state index in [-0.39, 0.29) is 4.59 Å². The average molecular weight is 197 g/mol. The van der Waals surface area contributed by atoms with Crippen molar-refractivity contribution in [3.63, 3.8) is 0 Å². The van der Waals surface area contributed by atoms with Crippen LogP contribution in [0, 0.1) is 0 Å². The van der Waals surface area contributed by atoms with Gasteiger partial charge in [-0.1, -0.05) is 0 Å². The standard InChI is InChI=1S/C6H16N2O3S/c1-4-8(5-2,6-3)7-12(9,10)11/h7H,4-6H2,1-3H3/p+1. The summed E-state index contributed by atoms with van der Waals surface area (Å²) in [5.74, 6) is 0. The summed E-state index contributed by atoms with van der Waals surface area (Å²) >= 11 is 0. The van der Waals surface area contributed by atoms with E-state index in [1.165, 1.54) is 0 Å². The first-order valence-corrected chi connectivity index (χ1v) is 5.45. The van der Waals surface area contributed by atoms with Crippen molar-refractivity contribution in [3.05, 3.63) is 0 Å². The molecule has 0 aliphatic rings. The minimum Gasteiger partial charge on any atom is -0.270 e. The number of rotatable bonds is 5. The highest BCUT2D eigenvalue weighted by molar-refractivity contribution is 7.83. The van der Waals surface area contributed by atoms with Crippen LogP contribution in [-0.4, -0.2) is 37.2 Å². The van der Waals surface area contributed by atoms with Gasteiger partial charge in [-0.05, 0) is 25.6 Å². The molecular formula is C6H17N2O3S+. The van der Waals surface area contributed by atoms with E-state index in [2.05, 4.69) is 4.83 Å². The molecule has 0 saturated carbocycles. The molecule has 0 spiro atoms. The van der Waals surface area contributed by atoms with Gasteiger partial charge in [0.1, 0.15) is 0 Å². The summed E-state index contributed by atoms with van der Waals surface area (Å²) in [6.45, 7) is 7.45. The second-order valence-corrected chi connectivity index (χ2v) is 3.79. The third kappa shape index (κ3) is 3.48. The highest BCUT2D eigenvalue weighted by Crippen LogP contribution is 2.01. The molecule has 0 amide bonds. The molecule has 0 bridgehead atoms. The largest absolute Gasteiger partial charge is 0.376 e. The van der Waals surface area contributed by atoms with Crippen molar-refractivity contribution in [2.75, 3.05) is 19.6 Å². The van der Waals surface area contributed by atoms with E-state index >= 15 is 0 Å². The van der Waals surface area contributed by atoms with Gasteiger partial charge in [-0.15, -0.1) is 0 Å². The lowest BCUT2D eigenvalue weighted by molar-refractivity contribution is -0.952. The first-order chi connectivity index (χ1) is 5.39. The van der Waals surface area contributed by atoms with E-state index in [1.807, 2.05) is 20.8 Å². The molecule has 0 rings (SSSR count). The van der Waals surface area contributed by atoms with Crippen LogP contribution in [0.3, 0.4) is 0 Å². The molecule has 0 heterocycles. The number of nitrogens with zero attached hydrogens (tertiary/aromatic N) is 1. The van der Waals surface area contributed by atoms with Crippen LogP contribution in [0.1, 0.15) is 20.8 Å². The van der Waals surface area contributed by atoms with Gasteiger partial charge in [0, 0.05) is 0 Å². The second-order valence-electron chi connectivity index (χ2n) is 2.66. The van der Waals surface area contributed by atoms with Gasteiger partial charge in [0.05, 0.1) is 19.6 Å². The van der Waals surface area contributed by atoms with Gasteiger partial charge in [-0.2, -0.15) is 8.42 Å². The molecule has 0 aliphatic carbocycles. The van der Waals surface area contributed by atoms with Crippen LogP contribution in [0.2, 0.25) is 0 Å². The van der Waals surface area contributed by atoms with E-state index in [9.17, 15) is 8.42 Å². The summed E-state index contributed by atoms with van der Waals surface area (Å²) in [5, 5.41) is 0. The van der Waals surface area contributed by atoms with E-state index in [1.54, 1.807) is 0 Å². The van der Waals surface area contributed by atoms with Crippen LogP contribution >= 0.6 is 0 Å². The van der Waals surface area contributed by atoms with Crippen molar-refractivity contribution < 1.29 is 17.6 Å². The number of quaternary nitrogens is 1. The molecule has 0 aromatic rings. The molecule has 74 valence electrons. The van der Waals surface area contributed by atoms with Crippen molar-refractivity contribution in [3.8, 4) is 0 Å². The Balaban J connectivity index is 4.52. The second kappa shape index (κ2) is 4.18. The van der Waals surface area contributed by atoms with Crippen molar-refractivity contribution in [2.45, 2.75) is 20.8 Å². The molecular weight excluding hydrogens is 180 g/mol. The predicted molar refractivity (Wildman–Crippen MR) is 46.6 cm³/mol. The first-order valence-electron chi connectivity index (χ1n) is 4.01. The zero-order valence-electron chi connectivity index (χ0n) is 7.74. The summed E-state index contributed by atoms with van der Waals surface area (Å²) < 4.78 is 29.9. The maximum absolute atomic E-state index is 10.6. The molecule has 12 heavy (non-hydrogen) atoms. The highest BCUT2D eigenvalue weighted by atomic mass is 32.2. The number of hydrogen-bond acceptors (Lipinski definition) is 2. The molecule has 6 heteroatoms. The Labute approximate surface area is 73.8 Å². The minimum atomic E-state index is -4.10. The third-order valence-electron chi connectivity index (χ3n) is 2.12. The highest BCUT2D eigenvalue weighted by Gasteiger charge is 2.26. The number of nitrogens with one attached hydrogen (secondary N) is 1. The van der Waals surface area contributed by atoms with E-state index in [0.29, 0.717) is 19.6 Å². The summed E-state index contributed by atoms with van der Waals surface area (Å²) in [6, 6.07) is 0. The van der Waals surface area contributed by atoms with Crippen LogP contribution in [0.5, 0.6) is 0 Å². The van der Waals surface area contributed by atoms with Crippen molar-refractivity contribution in [1.29, 1.82) is 0 Å². The van der Waals surface area contributed by atoms with Crippen LogP contribution in [0.4, 0.5) is 0 Å². The Morgan fingerprint density at radius 1 is 1.17 bits per heavy atom. The summed E-state index contributed by atoms with van der Waals surface area (Å²) in [5.41, 5.74) is 0. The topological polar surface area (TPSA) is 66.4 Å². The average Bonchev–Trinajstić information content (AvgIpc) is 1.99. The van der Waals surface area contributed by atoms with Crippen molar-refractivity contribution in [1.82, 2.24) is 4.83 Å². The lowest BCUT2D eigenvalue weighted by atomic mass is 10.5. The lowest BCUT2D eigenvalue weighted by Crippen LogP contribution is -2.59. The SMILES string of the molecule is CC[N+](CC)(CC)NS(=O)(=O)O. The molecule has 0 fully saturated rings. The van der Waals surface area contributed by atoms with Gasteiger partial charge in [-0.25, -0.2) is 4.59 Å². The Morgan fingerprint density at radius 2 is 1.50 bits per heavy atom. The smallest absolute Gasteiger partial charge is 0.270 e. The summed E-state index contributed by atoms with van der Waals surface area (Å²) in [4.78, 5) is 2.18. The van der Waals surface area contributed by atoms with Crippen LogP contribution < -0.4 is 4.83 Å². The molecule has 0 atom stereocenters. The summed E-state index contributed by atoms with van der Waals surface area (Å²) in [6.07, 6.45) is 0. The molecule has 0 aromatic heterocycles. The fraction of sp³-hybridized carbons (Fsp3) is 1.00. The fourth-order valence-electron chi connectivity index (χ4n) is 1.11. The normalized spacial score (nSPS) is 13.3. The van der Waals surface area contributed by atoms with E-state index < -0.39 is 10.3 Å². The molecule has 0 saturated heterocycles. The zero-order chi connectivity index (χ0) is 9.83. The van der Waals surface area contributed by atoms with Gasteiger partial charge >= 0.3 is 10.3 Å². The molecule has 0 aromatic carbocycles. The van der Waals surface area contributed by atoms with Gasteiger partial charge in [-0.3, -0.25) is 4.55 Å². The Bertz CT molecular complexity index is 213. The van der Waals surface area contributed by atoms with Crippen LogP contribution in [0.25, 0.3) is 0 Å². The monoisotopic (exact) mass is 197 g/mol. The Morgan fingerprint density at radius 3 is 1.58 bits per heavy atom. The number of hydrogen-bond donors (Lipinski definition) is 2. The van der Waals surface area contributed by atoms with E-state index in [0.717, 1.165) is 0 Å². The zero-order valence-corrected chi connectivity index (χ0v) is 8.56. The van der Waals surface area contributed by atoms with Gasteiger partial charge in [0.25, 0.3) is 0 Å². The molecule has 0 aliphatic heterocycles. The van der Waals surface area contributed by atoms with E-state index in [4.69, 9.17) is 4.55 Å². The van der Waals surface area contributed by atoms with Gasteiger partial charge < -0.3 is 0 Å². The minimum absolute atomic E-state index is 0.179. The van der Waals surface area contributed by atoms with Gasteiger partial charge in [0.2, 0.25) is 0 Å². The lowest BCUT2D eigenvalue weighted by Gasteiger charge is -2.32. The quantitative estimate of drug-likeness (QED) is 0.375. The third-order valence-corrected chi connectivity index (χ3v) is 2.74. The Hall–Kier alpha value is -0.170. The maximum Gasteiger partial charge on any atom is 0.376 e. The molecule has 0 radical (unpaired) electrons. The van der Waals surface area contributed by atoms with Gasteiger partial charge in [0.15, 0.2) is 0 Å². The summed E-state index contributed by atoms with van der Waals surface area (Å²) in [7, 11) is -4.10. The molecule has 5 nitrogen and oxygen atoms in total. The predicted octanol–water partition coefficient (Wildman–Crippen LogP) is 0.170. The van der Waals surface area contributed by atoms with Crippen molar-refractivity contribution in [2.24, 2.45) is 0 Å². The van der Waals surface area contributed by atoms with Crippen LogP contribution in [-0.2, 0) is 10.3 Å². The fourth-order valence-corrected chi connectivity index (χ4v) is 1.99. The first kappa shape index (κ1) is 11.8. The van der Waals surface area contributed by atoms with Crippen LogP contribution in [0.15, 0.2) is 0 Å². The molecule has 0 unspecified atom stereocenters. The Kier molecular flexibility index (Phi) is 4.12. The molecule has 2 N–H and O–H groups in total. The maximum atomic E-state index is 10.6.